The van der Waals surface area contributed by atoms with E-state index in [1.54, 1.807) is 0 Å². The summed E-state index contributed by atoms with van der Waals surface area (Å²) >= 11 is 0. The van der Waals surface area contributed by atoms with Gasteiger partial charge in [-0.25, -0.2) is 0 Å². The van der Waals surface area contributed by atoms with Crippen molar-refractivity contribution in [2.24, 2.45) is 5.73 Å². The molecule has 1 aromatic carbocycles. The highest BCUT2D eigenvalue weighted by Crippen LogP contribution is 2.20. The molecule has 0 saturated heterocycles. The molecule has 0 aliphatic carbocycles. The van der Waals surface area contributed by atoms with Crippen molar-refractivity contribution in [1.82, 2.24) is 5.32 Å². The molecule has 0 aromatic heterocycles. The quantitative estimate of drug-likeness (QED) is 0.777. The van der Waals surface area contributed by atoms with E-state index < -0.39 is 0 Å². The fraction of sp³-hybridized carbons (Fsp3) is 0.400. The fourth-order valence-electron chi connectivity index (χ4n) is 1.80. The van der Waals surface area contributed by atoms with E-state index in [0.717, 1.165) is 13.0 Å². The summed E-state index contributed by atoms with van der Waals surface area (Å²) in [7, 11) is 0. The average molecular weight is 235 g/mol. The summed E-state index contributed by atoms with van der Waals surface area (Å²) in [5.41, 5.74) is 8.49. The Morgan fingerprint density at radius 3 is 2.71 bits per heavy atom. The SMILES string of the molecule is Cl.Cl.NC[C@@H]1NCCc2ccccc21. The van der Waals surface area contributed by atoms with E-state index in [1.807, 2.05) is 0 Å². The Labute approximate surface area is 97.1 Å². The highest BCUT2D eigenvalue weighted by atomic mass is 35.5. The van der Waals surface area contributed by atoms with Gasteiger partial charge in [0.25, 0.3) is 0 Å². The van der Waals surface area contributed by atoms with Crippen LogP contribution in [0, 0.1) is 0 Å². The second-order valence-corrected chi connectivity index (χ2v) is 3.19. The highest BCUT2D eigenvalue weighted by Gasteiger charge is 2.16. The van der Waals surface area contributed by atoms with Crippen LogP contribution in [0.2, 0.25) is 0 Å². The van der Waals surface area contributed by atoms with E-state index in [4.69, 9.17) is 5.73 Å². The molecule has 4 heteroatoms. The van der Waals surface area contributed by atoms with Gasteiger partial charge in [0, 0.05) is 12.6 Å². The normalized spacial score (nSPS) is 18.8. The predicted molar refractivity (Wildman–Crippen MR) is 64.4 cm³/mol. The maximum Gasteiger partial charge on any atom is 0.0447 e. The van der Waals surface area contributed by atoms with Crippen molar-refractivity contribution in [3.63, 3.8) is 0 Å². The van der Waals surface area contributed by atoms with Gasteiger partial charge in [0.2, 0.25) is 0 Å². The van der Waals surface area contributed by atoms with E-state index in [9.17, 15) is 0 Å². The number of hydrogen-bond donors (Lipinski definition) is 2. The lowest BCUT2D eigenvalue weighted by atomic mass is 9.95. The highest BCUT2D eigenvalue weighted by molar-refractivity contribution is 5.85. The molecule has 2 nitrogen and oxygen atoms in total. The largest absolute Gasteiger partial charge is 0.329 e. The van der Waals surface area contributed by atoms with Crippen LogP contribution in [-0.2, 0) is 6.42 Å². The van der Waals surface area contributed by atoms with Gasteiger partial charge in [0.1, 0.15) is 0 Å². The smallest absolute Gasteiger partial charge is 0.0447 e. The van der Waals surface area contributed by atoms with Crippen LogP contribution in [0.5, 0.6) is 0 Å². The van der Waals surface area contributed by atoms with Gasteiger partial charge >= 0.3 is 0 Å². The molecule has 1 atom stereocenters. The Hall–Kier alpha value is -0.280. The lowest BCUT2D eigenvalue weighted by molar-refractivity contribution is 0.513. The van der Waals surface area contributed by atoms with Crippen LogP contribution in [0.1, 0.15) is 17.2 Å². The first kappa shape index (κ1) is 13.7. The molecule has 0 amide bonds. The minimum absolute atomic E-state index is 0. The topological polar surface area (TPSA) is 38.0 Å². The van der Waals surface area contributed by atoms with Crippen molar-refractivity contribution in [3.05, 3.63) is 35.4 Å². The van der Waals surface area contributed by atoms with Gasteiger partial charge in [-0.3, -0.25) is 0 Å². The molecule has 3 N–H and O–H groups in total. The molecule has 1 aromatic rings. The Balaban J connectivity index is 0.000000845. The van der Waals surface area contributed by atoms with Gasteiger partial charge < -0.3 is 11.1 Å². The fourth-order valence-corrected chi connectivity index (χ4v) is 1.80. The maximum atomic E-state index is 5.66. The van der Waals surface area contributed by atoms with Gasteiger partial charge in [-0.15, -0.1) is 24.8 Å². The van der Waals surface area contributed by atoms with E-state index >= 15 is 0 Å². The van der Waals surface area contributed by atoms with Crippen LogP contribution in [0.25, 0.3) is 0 Å². The third-order valence-corrected chi connectivity index (χ3v) is 2.45. The molecule has 0 spiro atoms. The molecule has 0 radical (unpaired) electrons. The standard InChI is InChI=1S/C10H14N2.2ClH/c11-7-10-9-4-2-1-3-8(9)5-6-12-10;;/h1-4,10,12H,5-7,11H2;2*1H/t10-;;/m0../s1. The first-order chi connectivity index (χ1) is 5.92. The van der Waals surface area contributed by atoms with Gasteiger partial charge in [-0.1, -0.05) is 24.3 Å². The Bertz CT molecular complexity index is 279. The van der Waals surface area contributed by atoms with Gasteiger partial charge in [-0.05, 0) is 24.1 Å². The van der Waals surface area contributed by atoms with Crippen LogP contribution in [-0.4, -0.2) is 13.1 Å². The van der Waals surface area contributed by atoms with E-state index in [-0.39, 0.29) is 24.8 Å². The van der Waals surface area contributed by atoms with Crippen LogP contribution in [0.15, 0.2) is 24.3 Å². The summed E-state index contributed by atoms with van der Waals surface area (Å²) in [6.45, 7) is 1.75. The summed E-state index contributed by atoms with van der Waals surface area (Å²) < 4.78 is 0. The molecule has 1 aliphatic heterocycles. The second-order valence-electron chi connectivity index (χ2n) is 3.19. The molecule has 0 bridgehead atoms. The number of nitrogens with one attached hydrogen (secondary N) is 1. The van der Waals surface area contributed by atoms with Gasteiger partial charge in [-0.2, -0.15) is 0 Å². The number of benzene rings is 1. The van der Waals surface area contributed by atoms with Crippen LogP contribution in [0.3, 0.4) is 0 Å². The van der Waals surface area contributed by atoms with Crippen molar-refractivity contribution in [1.29, 1.82) is 0 Å². The zero-order valence-corrected chi connectivity index (χ0v) is 9.53. The summed E-state index contributed by atoms with van der Waals surface area (Å²) in [6, 6.07) is 8.90. The number of rotatable bonds is 1. The van der Waals surface area contributed by atoms with Gasteiger partial charge in [0.15, 0.2) is 0 Å². The number of halogens is 2. The van der Waals surface area contributed by atoms with E-state index in [2.05, 4.69) is 29.6 Å². The Kier molecular flexibility index (Phi) is 6.12. The summed E-state index contributed by atoms with van der Waals surface area (Å²) in [5, 5.41) is 3.40. The first-order valence-electron chi connectivity index (χ1n) is 4.43. The molecule has 0 fully saturated rings. The first-order valence-corrected chi connectivity index (χ1v) is 4.43. The summed E-state index contributed by atoms with van der Waals surface area (Å²) in [5.74, 6) is 0. The van der Waals surface area contributed by atoms with Crippen molar-refractivity contribution in [3.8, 4) is 0 Å². The summed E-state index contributed by atoms with van der Waals surface area (Å²) in [4.78, 5) is 0. The minimum atomic E-state index is 0. The molecular weight excluding hydrogens is 219 g/mol. The maximum absolute atomic E-state index is 5.66. The average Bonchev–Trinajstić information content (AvgIpc) is 2.17. The molecule has 0 unspecified atom stereocenters. The zero-order valence-electron chi connectivity index (χ0n) is 7.90. The van der Waals surface area contributed by atoms with Crippen molar-refractivity contribution in [2.75, 3.05) is 13.1 Å². The van der Waals surface area contributed by atoms with Crippen LogP contribution in [0.4, 0.5) is 0 Å². The predicted octanol–water partition coefficient (Wildman–Crippen LogP) is 1.68. The molecule has 0 saturated carbocycles. The number of nitrogens with two attached hydrogens (primary N) is 1. The Morgan fingerprint density at radius 2 is 2.00 bits per heavy atom. The molecule has 1 heterocycles. The molecule has 80 valence electrons. The third-order valence-electron chi connectivity index (χ3n) is 2.45. The van der Waals surface area contributed by atoms with E-state index in [0.29, 0.717) is 12.6 Å². The molecular formula is C10H16Cl2N2. The van der Waals surface area contributed by atoms with Crippen LogP contribution < -0.4 is 11.1 Å². The van der Waals surface area contributed by atoms with Crippen molar-refractivity contribution >= 4 is 24.8 Å². The molecule has 14 heavy (non-hydrogen) atoms. The minimum Gasteiger partial charge on any atom is -0.329 e. The molecule has 2 rings (SSSR count). The monoisotopic (exact) mass is 234 g/mol. The van der Waals surface area contributed by atoms with Gasteiger partial charge in [0.05, 0.1) is 0 Å². The van der Waals surface area contributed by atoms with E-state index in [1.165, 1.54) is 11.1 Å². The lowest BCUT2D eigenvalue weighted by Gasteiger charge is -2.25. The van der Waals surface area contributed by atoms with Crippen LogP contribution >= 0.6 is 24.8 Å². The third kappa shape index (κ3) is 2.61. The zero-order chi connectivity index (χ0) is 8.39. The van der Waals surface area contributed by atoms with Crippen molar-refractivity contribution in [2.45, 2.75) is 12.5 Å². The summed E-state index contributed by atoms with van der Waals surface area (Å²) in [6.07, 6.45) is 1.13. The number of hydrogen-bond acceptors (Lipinski definition) is 2. The number of fused-ring (bicyclic) bond motifs is 1. The Morgan fingerprint density at radius 1 is 1.29 bits per heavy atom. The van der Waals surface area contributed by atoms with Crippen molar-refractivity contribution < 1.29 is 0 Å². The second kappa shape index (κ2) is 6.25. The molecule has 1 aliphatic rings. The lowest BCUT2D eigenvalue weighted by Crippen LogP contribution is -2.34.